The Kier molecular flexibility index (Phi) is 2.59. The Morgan fingerprint density at radius 2 is 2.43 bits per heavy atom. The Hall–Kier alpha value is -0.830. The van der Waals surface area contributed by atoms with Gasteiger partial charge in [0, 0.05) is 6.61 Å². The molecule has 0 amide bonds. The summed E-state index contributed by atoms with van der Waals surface area (Å²) in [5.74, 6) is -0.511. The highest BCUT2D eigenvalue weighted by molar-refractivity contribution is 5.76. The van der Waals surface area contributed by atoms with Crippen LogP contribution in [-0.2, 0) is 9.53 Å². The minimum absolute atomic E-state index is 0.177. The molecule has 0 radical (unpaired) electrons. The summed E-state index contributed by atoms with van der Waals surface area (Å²) in [5, 5.41) is 9.30. The highest BCUT2D eigenvalue weighted by Crippen LogP contribution is 2.41. The van der Waals surface area contributed by atoms with Crippen molar-refractivity contribution in [2.24, 2.45) is 11.3 Å². The third-order valence-corrected chi connectivity index (χ3v) is 3.44. The Morgan fingerprint density at radius 1 is 1.57 bits per heavy atom. The van der Waals surface area contributed by atoms with Crippen LogP contribution in [0.15, 0.2) is 12.2 Å². The van der Waals surface area contributed by atoms with Crippen LogP contribution in [0.3, 0.4) is 0 Å². The summed E-state index contributed by atoms with van der Waals surface area (Å²) < 4.78 is 5.26. The topological polar surface area (TPSA) is 46.5 Å². The quantitative estimate of drug-likeness (QED) is 0.685. The molecule has 2 aliphatic rings. The Morgan fingerprint density at radius 3 is 2.93 bits per heavy atom. The molecule has 1 heterocycles. The van der Waals surface area contributed by atoms with Crippen LogP contribution in [0.25, 0.3) is 0 Å². The molecule has 0 aromatic rings. The lowest BCUT2D eigenvalue weighted by Crippen LogP contribution is -2.39. The maximum atomic E-state index is 11.3. The molecule has 2 unspecified atom stereocenters. The molecule has 0 saturated carbocycles. The second-order valence-electron chi connectivity index (χ2n) is 4.23. The largest absolute Gasteiger partial charge is 0.481 e. The zero-order chi connectivity index (χ0) is 10.0. The van der Waals surface area contributed by atoms with Crippen LogP contribution in [0.1, 0.15) is 25.7 Å². The minimum Gasteiger partial charge on any atom is -0.481 e. The molecule has 1 saturated heterocycles. The first kappa shape index (κ1) is 9.71. The Bertz CT molecular complexity index is 251. The van der Waals surface area contributed by atoms with Crippen molar-refractivity contribution in [1.82, 2.24) is 0 Å². The van der Waals surface area contributed by atoms with Crippen LogP contribution in [-0.4, -0.2) is 24.3 Å². The summed E-state index contributed by atoms with van der Waals surface area (Å²) in [6.07, 6.45) is 8.04. The minimum atomic E-state index is -0.688. The molecule has 1 aliphatic heterocycles. The van der Waals surface area contributed by atoms with Gasteiger partial charge in [0.15, 0.2) is 0 Å². The molecule has 2 rings (SSSR count). The smallest absolute Gasteiger partial charge is 0.312 e. The third-order valence-electron chi connectivity index (χ3n) is 3.44. The first-order chi connectivity index (χ1) is 6.76. The van der Waals surface area contributed by atoms with Crippen LogP contribution >= 0.6 is 0 Å². The molecule has 78 valence electrons. The van der Waals surface area contributed by atoms with Crippen molar-refractivity contribution in [2.75, 3.05) is 13.2 Å². The zero-order valence-corrected chi connectivity index (χ0v) is 8.24. The van der Waals surface area contributed by atoms with Crippen LogP contribution in [0.4, 0.5) is 0 Å². The first-order valence-electron chi connectivity index (χ1n) is 5.23. The van der Waals surface area contributed by atoms with Gasteiger partial charge in [-0.25, -0.2) is 0 Å². The van der Waals surface area contributed by atoms with Crippen LogP contribution in [0, 0.1) is 11.3 Å². The van der Waals surface area contributed by atoms with E-state index in [9.17, 15) is 9.90 Å². The van der Waals surface area contributed by atoms with E-state index in [1.54, 1.807) is 0 Å². The number of allylic oxidation sites excluding steroid dienone is 2. The fourth-order valence-corrected chi connectivity index (χ4v) is 2.47. The van der Waals surface area contributed by atoms with Crippen LogP contribution < -0.4 is 0 Å². The lowest BCUT2D eigenvalue weighted by atomic mass is 9.71. The van der Waals surface area contributed by atoms with Gasteiger partial charge in [-0.3, -0.25) is 4.79 Å². The predicted molar refractivity (Wildman–Crippen MR) is 52.0 cm³/mol. The molecule has 3 heteroatoms. The van der Waals surface area contributed by atoms with Gasteiger partial charge in [0.2, 0.25) is 0 Å². The predicted octanol–water partition coefficient (Wildman–Crippen LogP) is 1.83. The van der Waals surface area contributed by atoms with E-state index in [4.69, 9.17) is 4.74 Å². The van der Waals surface area contributed by atoms with E-state index in [1.165, 1.54) is 0 Å². The number of rotatable bonds is 2. The molecule has 3 nitrogen and oxygen atoms in total. The maximum Gasteiger partial charge on any atom is 0.312 e. The summed E-state index contributed by atoms with van der Waals surface area (Å²) in [7, 11) is 0. The number of aliphatic carboxylic acids is 1. The van der Waals surface area contributed by atoms with E-state index in [2.05, 4.69) is 12.2 Å². The van der Waals surface area contributed by atoms with Crippen molar-refractivity contribution in [3.63, 3.8) is 0 Å². The number of carboxylic acid groups (broad SMARTS) is 1. The van der Waals surface area contributed by atoms with Gasteiger partial charge >= 0.3 is 5.97 Å². The fourth-order valence-electron chi connectivity index (χ4n) is 2.47. The van der Waals surface area contributed by atoms with E-state index in [0.717, 1.165) is 19.3 Å². The normalized spacial score (nSPS) is 37.3. The lowest BCUT2D eigenvalue weighted by molar-refractivity contribution is -0.151. The Labute approximate surface area is 83.8 Å². The summed E-state index contributed by atoms with van der Waals surface area (Å²) in [5.41, 5.74) is -0.628. The van der Waals surface area contributed by atoms with Gasteiger partial charge in [0.05, 0.1) is 12.0 Å². The van der Waals surface area contributed by atoms with Gasteiger partial charge in [-0.1, -0.05) is 12.2 Å². The van der Waals surface area contributed by atoms with Gasteiger partial charge < -0.3 is 9.84 Å². The van der Waals surface area contributed by atoms with Crippen LogP contribution in [0.5, 0.6) is 0 Å². The van der Waals surface area contributed by atoms with Gasteiger partial charge in [-0.15, -0.1) is 0 Å². The molecule has 0 bridgehead atoms. The van der Waals surface area contributed by atoms with E-state index >= 15 is 0 Å². The summed E-state index contributed by atoms with van der Waals surface area (Å²) in [6, 6.07) is 0. The summed E-state index contributed by atoms with van der Waals surface area (Å²) in [4.78, 5) is 11.3. The van der Waals surface area contributed by atoms with Crippen LogP contribution in [0.2, 0.25) is 0 Å². The van der Waals surface area contributed by atoms with Crippen molar-refractivity contribution in [1.29, 1.82) is 0 Å². The van der Waals surface area contributed by atoms with Crippen molar-refractivity contribution < 1.29 is 14.6 Å². The third kappa shape index (κ3) is 1.46. The molecule has 1 fully saturated rings. The second kappa shape index (κ2) is 3.73. The van der Waals surface area contributed by atoms with Gasteiger partial charge in [0.1, 0.15) is 0 Å². The summed E-state index contributed by atoms with van der Waals surface area (Å²) in [6.45, 7) is 0.980. The SMILES string of the molecule is O=C(O)C1(C2C=CCCC2)CCOC1. The van der Waals surface area contributed by atoms with Gasteiger partial charge in [-0.2, -0.15) is 0 Å². The molecule has 1 aliphatic carbocycles. The van der Waals surface area contributed by atoms with E-state index in [1.807, 2.05) is 0 Å². The zero-order valence-electron chi connectivity index (χ0n) is 8.24. The number of hydrogen-bond donors (Lipinski definition) is 1. The first-order valence-corrected chi connectivity index (χ1v) is 5.23. The van der Waals surface area contributed by atoms with Gasteiger partial charge in [0.25, 0.3) is 0 Å². The molecule has 1 N–H and O–H groups in total. The van der Waals surface area contributed by atoms with E-state index < -0.39 is 11.4 Å². The number of ether oxygens (including phenoxy) is 1. The highest BCUT2D eigenvalue weighted by Gasteiger charge is 2.47. The van der Waals surface area contributed by atoms with E-state index in [-0.39, 0.29) is 5.92 Å². The van der Waals surface area contributed by atoms with Crippen molar-refractivity contribution in [3.8, 4) is 0 Å². The number of carbonyl (C=O) groups is 1. The van der Waals surface area contributed by atoms with Crippen molar-refractivity contribution in [2.45, 2.75) is 25.7 Å². The van der Waals surface area contributed by atoms with Crippen molar-refractivity contribution >= 4 is 5.97 Å². The van der Waals surface area contributed by atoms with Gasteiger partial charge in [-0.05, 0) is 31.6 Å². The molecular formula is C11H16O3. The highest BCUT2D eigenvalue weighted by atomic mass is 16.5. The molecule has 0 spiro atoms. The maximum absolute atomic E-state index is 11.3. The van der Waals surface area contributed by atoms with E-state index in [0.29, 0.717) is 19.6 Å². The molecule has 2 atom stereocenters. The molecular weight excluding hydrogens is 180 g/mol. The average Bonchev–Trinajstić information content (AvgIpc) is 2.69. The number of hydrogen-bond acceptors (Lipinski definition) is 2. The number of carboxylic acids is 1. The molecule has 14 heavy (non-hydrogen) atoms. The Balaban J connectivity index is 2.21. The molecule has 0 aromatic heterocycles. The lowest BCUT2D eigenvalue weighted by Gasteiger charge is -2.31. The fraction of sp³-hybridized carbons (Fsp3) is 0.727. The molecule has 0 aromatic carbocycles. The monoisotopic (exact) mass is 196 g/mol. The standard InChI is InChI=1S/C11H16O3/c12-10(13)11(6-7-14-8-11)9-4-2-1-3-5-9/h2,4,9H,1,3,5-8H2,(H,12,13). The second-order valence-corrected chi connectivity index (χ2v) is 4.23. The average molecular weight is 196 g/mol. The summed E-state index contributed by atoms with van der Waals surface area (Å²) >= 11 is 0. The van der Waals surface area contributed by atoms with Crippen molar-refractivity contribution in [3.05, 3.63) is 12.2 Å².